The Kier molecular flexibility index (Phi) is 5.55. The quantitative estimate of drug-likeness (QED) is 0.607. The van der Waals surface area contributed by atoms with Gasteiger partial charge in [-0.05, 0) is 70.1 Å². The van der Waals surface area contributed by atoms with Crippen LogP contribution in [0.3, 0.4) is 0 Å². The molecule has 1 atom stereocenters. The van der Waals surface area contributed by atoms with Crippen LogP contribution in [-0.2, 0) is 0 Å². The molecule has 5 rings (SSSR count). The van der Waals surface area contributed by atoms with E-state index in [2.05, 4.69) is 44.8 Å². The number of carbonyl (C=O) groups excluding carboxylic acids is 1. The maximum Gasteiger partial charge on any atom is 0.159 e. The summed E-state index contributed by atoms with van der Waals surface area (Å²) in [7, 11) is 2.00. The minimum Gasteiger partial charge on any atom is -0.368 e. The van der Waals surface area contributed by atoms with Crippen LogP contribution in [0.4, 0.5) is 11.5 Å². The monoisotopic (exact) mass is 442 g/mol. The van der Waals surface area contributed by atoms with E-state index in [1.54, 1.807) is 6.92 Å². The van der Waals surface area contributed by atoms with Gasteiger partial charge in [0.1, 0.15) is 17.5 Å². The number of pyridine rings is 1. The Bertz CT molecular complexity index is 1220. The Morgan fingerprint density at radius 3 is 2.55 bits per heavy atom. The van der Waals surface area contributed by atoms with E-state index in [-0.39, 0.29) is 11.8 Å². The summed E-state index contributed by atoms with van der Waals surface area (Å²) in [6, 6.07) is 15.6. The van der Waals surface area contributed by atoms with Crippen molar-refractivity contribution in [2.75, 3.05) is 36.5 Å². The lowest BCUT2D eigenvalue weighted by atomic mass is 9.87. The van der Waals surface area contributed by atoms with E-state index in [0.717, 1.165) is 60.6 Å². The molecule has 7 heteroatoms. The molecule has 1 aliphatic carbocycles. The second kappa shape index (κ2) is 8.53. The minimum absolute atomic E-state index is 0.0916. The van der Waals surface area contributed by atoms with Gasteiger partial charge in [-0.3, -0.25) is 4.79 Å². The Morgan fingerprint density at radius 2 is 1.91 bits per heavy atom. The van der Waals surface area contributed by atoms with Gasteiger partial charge in [-0.15, -0.1) is 0 Å². The molecule has 1 saturated carbocycles. The van der Waals surface area contributed by atoms with Crippen molar-refractivity contribution < 1.29 is 4.79 Å². The first-order valence-corrected chi connectivity index (χ1v) is 11.7. The normalized spacial score (nSPS) is 22.8. The van der Waals surface area contributed by atoms with Crippen molar-refractivity contribution in [1.29, 1.82) is 5.26 Å². The molecule has 3 heterocycles. The van der Waals surface area contributed by atoms with Gasteiger partial charge >= 0.3 is 0 Å². The fourth-order valence-corrected chi connectivity index (χ4v) is 5.13. The van der Waals surface area contributed by atoms with Crippen LogP contribution in [0.15, 0.2) is 42.6 Å². The van der Waals surface area contributed by atoms with Gasteiger partial charge in [-0.25, -0.2) is 4.98 Å². The second-order valence-corrected chi connectivity index (χ2v) is 9.30. The van der Waals surface area contributed by atoms with Gasteiger partial charge in [0.25, 0.3) is 0 Å². The number of aromatic nitrogens is 2. The molecule has 0 radical (unpaired) electrons. The molecule has 3 aromatic rings. The van der Waals surface area contributed by atoms with E-state index in [0.29, 0.717) is 17.6 Å². The lowest BCUT2D eigenvalue weighted by Gasteiger charge is -2.42. The van der Waals surface area contributed by atoms with Crippen LogP contribution in [0.25, 0.3) is 11.0 Å². The van der Waals surface area contributed by atoms with Crippen molar-refractivity contribution in [3.8, 4) is 6.07 Å². The van der Waals surface area contributed by atoms with Crippen molar-refractivity contribution in [2.24, 2.45) is 0 Å². The maximum absolute atomic E-state index is 11.6. The number of anilines is 2. The van der Waals surface area contributed by atoms with Gasteiger partial charge in [-0.1, -0.05) is 0 Å². The van der Waals surface area contributed by atoms with Crippen LogP contribution in [0.5, 0.6) is 0 Å². The first-order chi connectivity index (χ1) is 16.0. The highest BCUT2D eigenvalue weighted by atomic mass is 16.1. The number of nitrogens with zero attached hydrogens (tertiary/aromatic N) is 5. The van der Waals surface area contributed by atoms with Gasteiger partial charge in [-0.2, -0.15) is 5.26 Å². The number of nitriles is 1. The summed E-state index contributed by atoms with van der Waals surface area (Å²) in [5, 5.41) is 13.9. The predicted molar refractivity (Wildman–Crippen MR) is 131 cm³/mol. The van der Waals surface area contributed by atoms with E-state index < -0.39 is 0 Å². The van der Waals surface area contributed by atoms with Crippen LogP contribution in [0, 0.1) is 11.3 Å². The molecule has 1 N–H and O–H groups in total. The van der Waals surface area contributed by atoms with Crippen LogP contribution in [0.2, 0.25) is 0 Å². The number of hydrogen-bond donors (Lipinski definition) is 1. The summed E-state index contributed by atoms with van der Waals surface area (Å²) in [6.45, 7) is 6.46. The Balaban J connectivity index is 1.37. The Morgan fingerprint density at radius 1 is 1.15 bits per heavy atom. The van der Waals surface area contributed by atoms with E-state index in [9.17, 15) is 10.1 Å². The predicted octanol–water partition coefficient (Wildman–Crippen LogP) is 3.75. The minimum atomic E-state index is 0.0916. The molecule has 1 aromatic carbocycles. The molecule has 2 fully saturated rings. The maximum atomic E-state index is 11.6. The lowest BCUT2D eigenvalue weighted by Crippen LogP contribution is -2.52. The van der Waals surface area contributed by atoms with Crippen LogP contribution in [0.1, 0.15) is 48.7 Å². The summed E-state index contributed by atoms with van der Waals surface area (Å²) >= 11 is 0. The number of rotatable bonds is 5. The number of nitrogens with one attached hydrogen (secondary N) is 1. The van der Waals surface area contributed by atoms with Crippen molar-refractivity contribution in [3.63, 3.8) is 0 Å². The number of fused-ring (bicyclic) bond motifs is 1. The van der Waals surface area contributed by atoms with Crippen LogP contribution in [-0.4, -0.2) is 54.1 Å². The van der Waals surface area contributed by atoms with Crippen molar-refractivity contribution in [3.05, 3.63) is 53.7 Å². The number of piperazine rings is 1. The average Bonchev–Trinajstić information content (AvgIpc) is 3.16. The first-order valence-electron chi connectivity index (χ1n) is 11.7. The fourth-order valence-electron chi connectivity index (χ4n) is 5.13. The van der Waals surface area contributed by atoms with Gasteiger partial charge < -0.3 is 19.7 Å². The molecule has 0 unspecified atom stereocenters. The third kappa shape index (κ3) is 3.85. The molecule has 0 amide bonds. The zero-order chi connectivity index (χ0) is 23.1. The molecule has 7 nitrogen and oxygen atoms in total. The number of benzene rings is 1. The van der Waals surface area contributed by atoms with Crippen molar-refractivity contribution in [1.82, 2.24) is 14.9 Å². The van der Waals surface area contributed by atoms with E-state index in [1.807, 2.05) is 37.5 Å². The van der Waals surface area contributed by atoms with Gasteiger partial charge in [0.05, 0.1) is 5.56 Å². The molecule has 0 spiro atoms. The van der Waals surface area contributed by atoms with Crippen molar-refractivity contribution in [2.45, 2.75) is 44.8 Å². The van der Waals surface area contributed by atoms with Gasteiger partial charge in [0.2, 0.25) is 0 Å². The number of ketones is 1. The van der Waals surface area contributed by atoms with Crippen LogP contribution < -0.4 is 15.1 Å². The summed E-state index contributed by atoms with van der Waals surface area (Å²) in [6.07, 6.45) is 4.10. The fraction of sp³-hybridized carbons (Fsp3) is 0.423. The summed E-state index contributed by atoms with van der Waals surface area (Å²) in [5.41, 5.74) is 3.50. The Labute approximate surface area is 194 Å². The third-order valence-corrected chi connectivity index (χ3v) is 7.26. The molecule has 33 heavy (non-hydrogen) atoms. The topological polar surface area (TPSA) is 77.2 Å². The molecule has 1 aliphatic heterocycles. The molecule has 2 aromatic heterocycles. The molecular weight excluding hydrogens is 412 g/mol. The standard InChI is InChI=1S/C26H30N6O/c1-17-15-30(22-6-4-19(5-7-22)18(2)33)10-11-31(17)25-9-8-24-20(14-27)16-32(26(24)29-25)23-12-21(13-23)28-3/h4-9,16-17,21,23,28H,10-13,15H2,1-3H3/t17-,21?,23?/m0/s1. The van der Waals surface area contributed by atoms with E-state index in [4.69, 9.17) is 4.98 Å². The number of carbonyl (C=O) groups is 1. The first kappa shape index (κ1) is 21.5. The number of hydrogen-bond acceptors (Lipinski definition) is 6. The zero-order valence-electron chi connectivity index (χ0n) is 19.5. The Hall–Kier alpha value is -3.37. The largest absolute Gasteiger partial charge is 0.368 e. The highest BCUT2D eigenvalue weighted by molar-refractivity contribution is 5.94. The van der Waals surface area contributed by atoms with E-state index >= 15 is 0 Å². The summed E-state index contributed by atoms with van der Waals surface area (Å²) < 4.78 is 2.21. The summed E-state index contributed by atoms with van der Waals surface area (Å²) in [5.74, 6) is 1.06. The van der Waals surface area contributed by atoms with Gasteiger partial charge in [0, 0.05) is 60.6 Å². The SMILES string of the molecule is CNC1CC(n2cc(C#N)c3ccc(N4CCN(c5ccc(C(C)=O)cc5)C[C@@H]4C)nc32)C1. The highest BCUT2D eigenvalue weighted by Gasteiger charge is 2.31. The number of Topliss-reactive ketones (excluding diaryl/α,β-unsaturated/α-hetero) is 1. The zero-order valence-corrected chi connectivity index (χ0v) is 19.5. The van der Waals surface area contributed by atoms with Gasteiger partial charge in [0.15, 0.2) is 5.78 Å². The molecule has 2 aliphatic rings. The molecular formula is C26H30N6O. The smallest absolute Gasteiger partial charge is 0.159 e. The summed E-state index contributed by atoms with van der Waals surface area (Å²) in [4.78, 5) is 21.4. The average molecular weight is 443 g/mol. The highest BCUT2D eigenvalue weighted by Crippen LogP contribution is 2.36. The molecule has 170 valence electrons. The lowest BCUT2D eigenvalue weighted by molar-refractivity contribution is 0.101. The van der Waals surface area contributed by atoms with Crippen LogP contribution >= 0.6 is 0 Å². The molecule has 0 bridgehead atoms. The second-order valence-electron chi connectivity index (χ2n) is 9.30. The van der Waals surface area contributed by atoms with E-state index in [1.165, 1.54) is 0 Å². The third-order valence-electron chi connectivity index (χ3n) is 7.26. The molecule has 1 saturated heterocycles. The van der Waals surface area contributed by atoms with Crippen molar-refractivity contribution >= 4 is 28.3 Å².